The third-order valence-corrected chi connectivity index (χ3v) is 4.61. The molecule has 8 heteroatoms. The molecule has 0 unspecified atom stereocenters. The summed E-state index contributed by atoms with van der Waals surface area (Å²) in [5.41, 5.74) is 0.903. The van der Waals surface area contributed by atoms with E-state index >= 15 is 0 Å². The van der Waals surface area contributed by atoms with Crippen LogP contribution < -0.4 is 15.4 Å². The first kappa shape index (κ1) is 21.3. The van der Waals surface area contributed by atoms with E-state index in [2.05, 4.69) is 10.6 Å². The second-order valence-electron chi connectivity index (χ2n) is 5.75. The zero-order valence-electron chi connectivity index (χ0n) is 15.6. The Morgan fingerprint density at radius 2 is 1.71 bits per heavy atom. The topological polar surface area (TPSA) is 93.7 Å². The van der Waals surface area contributed by atoms with Crippen molar-refractivity contribution in [2.75, 3.05) is 12.9 Å². The van der Waals surface area contributed by atoms with Crippen LogP contribution in [0.5, 0.6) is 5.75 Å². The first-order valence-electron chi connectivity index (χ1n) is 8.57. The van der Waals surface area contributed by atoms with E-state index in [1.807, 2.05) is 42.5 Å². The summed E-state index contributed by atoms with van der Waals surface area (Å²) in [5, 5.41) is 4.72. The van der Waals surface area contributed by atoms with E-state index in [9.17, 15) is 14.4 Å². The van der Waals surface area contributed by atoms with Gasteiger partial charge >= 0.3 is 12.0 Å². The molecule has 2 aromatic rings. The number of carbonyl (C=O) groups is 3. The van der Waals surface area contributed by atoms with E-state index in [1.165, 1.54) is 18.7 Å². The average Bonchev–Trinajstić information content (AvgIpc) is 2.71. The van der Waals surface area contributed by atoms with Crippen LogP contribution in [0.3, 0.4) is 0 Å². The Kier molecular flexibility index (Phi) is 8.36. The molecule has 0 aromatic heterocycles. The Morgan fingerprint density at radius 1 is 1.04 bits per heavy atom. The van der Waals surface area contributed by atoms with Gasteiger partial charge in [0.1, 0.15) is 5.75 Å². The van der Waals surface area contributed by atoms with Crippen molar-refractivity contribution in [1.82, 2.24) is 10.6 Å². The van der Waals surface area contributed by atoms with Crippen molar-refractivity contribution in [1.29, 1.82) is 0 Å². The van der Waals surface area contributed by atoms with E-state index in [1.54, 1.807) is 19.2 Å². The molecule has 0 aliphatic carbocycles. The maximum absolute atomic E-state index is 12.0. The Bertz CT molecular complexity index is 796. The van der Waals surface area contributed by atoms with Gasteiger partial charge < -0.3 is 14.8 Å². The Balaban J connectivity index is 1.69. The highest BCUT2D eigenvalue weighted by atomic mass is 32.2. The van der Waals surface area contributed by atoms with E-state index in [-0.39, 0.29) is 12.3 Å². The van der Waals surface area contributed by atoms with Gasteiger partial charge in [-0.25, -0.2) is 4.79 Å². The zero-order chi connectivity index (χ0) is 20.4. The van der Waals surface area contributed by atoms with Gasteiger partial charge in [-0.3, -0.25) is 14.9 Å². The van der Waals surface area contributed by atoms with Crippen LogP contribution in [-0.2, 0) is 20.9 Å². The number of hydrogen-bond acceptors (Lipinski definition) is 6. The SMILES string of the molecule is COc1ccc(SCC(=O)O[C@H](C)C(=O)NC(=O)NCc2ccccc2)cc1. The monoisotopic (exact) mass is 402 g/mol. The van der Waals surface area contributed by atoms with Gasteiger partial charge in [0.25, 0.3) is 5.91 Å². The molecule has 0 radical (unpaired) electrons. The summed E-state index contributed by atoms with van der Waals surface area (Å²) in [6, 6.07) is 15.9. The molecule has 0 saturated heterocycles. The summed E-state index contributed by atoms with van der Waals surface area (Å²) in [5.74, 6) is -0.464. The lowest BCUT2D eigenvalue weighted by atomic mass is 10.2. The lowest BCUT2D eigenvalue weighted by Crippen LogP contribution is -2.44. The number of benzene rings is 2. The zero-order valence-corrected chi connectivity index (χ0v) is 16.5. The van der Waals surface area contributed by atoms with Gasteiger partial charge in [0, 0.05) is 11.4 Å². The van der Waals surface area contributed by atoms with Crippen LogP contribution in [0.4, 0.5) is 4.79 Å². The van der Waals surface area contributed by atoms with Crippen molar-refractivity contribution in [2.45, 2.75) is 24.5 Å². The number of methoxy groups -OCH3 is 1. The Morgan fingerprint density at radius 3 is 2.36 bits per heavy atom. The molecular formula is C20H22N2O5S. The van der Waals surface area contributed by atoms with Gasteiger partial charge in [-0.1, -0.05) is 30.3 Å². The first-order chi connectivity index (χ1) is 13.5. The van der Waals surface area contributed by atoms with Crippen molar-refractivity contribution in [2.24, 2.45) is 0 Å². The number of carbonyl (C=O) groups excluding carboxylic acids is 3. The van der Waals surface area contributed by atoms with Gasteiger partial charge in [0.05, 0.1) is 12.9 Å². The number of hydrogen-bond donors (Lipinski definition) is 2. The number of amides is 3. The molecule has 148 valence electrons. The molecule has 2 N–H and O–H groups in total. The van der Waals surface area contributed by atoms with Crippen molar-refractivity contribution >= 4 is 29.7 Å². The third kappa shape index (κ3) is 7.32. The fraction of sp³-hybridized carbons (Fsp3) is 0.250. The molecule has 0 fully saturated rings. The minimum atomic E-state index is -1.08. The standard InChI is InChI=1S/C20H22N2O5S/c1-14(19(24)22-20(25)21-12-15-6-4-3-5-7-15)27-18(23)13-28-17-10-8-16(26-2)9-11-17/h3-11,14H,12-13H2,1-2H3,(H2,21,22,24,25)/t14-/m1/s1. The second kappa shape index (κ2) is 11.0. The third-order valence-electron chi connectivity index (χ3n) is 3.63. The summed E-state index contributed by atoms with van der Waals surface area (Å²) < 4.78 is 10.1. The van der Waals surface area contributed by atoms with Crippen LogP contribution in [0.25, 0.3) is 0 Å². The lowest BCUT2D eigenvalue weighted by molar-refractivity contribution is -0.151. The smallest absolute Gasteiger partial charge is 0.321 e. The Hall–Kier alpha value is -3.00. The molecule has 28 heavy (non-hydrogen) atoms. The molecule has 0 bridgehead atoms. The van der Waals surface area contributed by atoms with Crippen LogP contribution >= 0.6 is 11.8 Å². The molecule has 0 aliphatic heterocycles. The van der Waals surface area contributed by atoms with Crippen molar-refractivity contribution in [3.05, 3.63) is 60.2 Å². The quantitative estimate of drug-likeness (QED) is 0.521. The maximum atomic E-state index is 12.0. The summed E-state index contributed by atoms with van der Waals surface area (Å²) in [6.45, 7) is 1.70. The molecule has 0 aliphatic rings. The van der Waals surface area contributed by atoms with Gasteiger partial charge in [-0.2, -0.15) is 0 Å². The highest BCUT2D eigenvalue weighted by Crippen LogP contribution is 2.21. The number of rotatable bonds is 8. The summed E-state index contributed by atoms with van der Waals surface area (Å²) in [4.78, 5) is 36.5. The predicted octanol–water partition coefficient (Wildman–Crippen LogP) is 2.75. The van der Waals surface area contributed by atoms with E-state index in [0.29, 0.717) is 0 Å². The normalized spacial score (nSPS) is 11.2. The molecule has 7 nitrogen and oxygen atoms in total. The van der Waals surface area contributed by atoms with Gasteiger partial charge in [-0.05, 0) is 36.8 Å². The summed E-state index contributed by atoms with van der Waals surface area (Å²) in [6.07, 6.45) is -1.08. The van der Waals surface area contributed by atoms with Gasteiger partial charge in [0.2, 0.25) is 0 Å². The molecule has 2 rings (SSSR count). The molecule has 0 saturated carbocycles. The lowest BCUT2D eigenvalue weighted by Gasteiger charge is -2.13. The largest absolute Gasteiger partial charge is 0.497 e. The first-order valence-corrected chi connectivity index (χ1v) is 9.55. The number of nitrogens with one attached hydrogen (secondary N) is 2. The molecule has 0 heterocycles. The fourth-order valence-electron chi connectivity index (χ4n) is 2.13. The van der Waals surface area contributed by atoms with E-state index in [4.69, 9.17) is 9.47 Å². The number of ether oxygens (including phenoxy) is 2. The van der Waals surface area contributed by atoms with Crippen LogP contribution in [0, 0.1) is 0 Å². The highest BCUT2D eigenvalue weighted by Gasteiger charge is 2.20. The maximum Gasteiger partial charge on any atom is 0.321 e. The highest BCUT2D eigenvalue weighted by molar-refractivity contribution is 8.00. The van der Waals surface area contributed by atoms with Crippen LogP contribution in [-0.4, -0.2) is 36.9 Å². The molecule has 3 amide bonds. The van der Waals surface area contributed by atoms with Gasteiger partial charge in [0.15, 0.2) is 6.10 Å². The molecule has 0 spiro atoms. The van der Waals surface area contributed by atoms with Crippen molar-refractivity contribution < 1.29 is 23.9 Å². The van der Waals surface area contributed by atoms with E-state index in [0.717, 1.165) is 16.2 Å². The number of imide groups is 1. The number of esters is 1. The van der Waals surface area contributed by atoms with Crippen LogP contribution in [0.2, 0.25) is 0 Å². The van der Waals surface area contributed by atoms with Crippen molar-refractivity contribution in [3.8, 4) is 5.75 Å². The summed E-state index contributed by atoms with van der Waals surface area (Å²) in [7, 11) is 1.58. The second-order valence-corrected chi connectivity index (χ2v) is 6.80. The van der Waals surface area contributed by atoms with E-state index < -0.39 is 24.0 Å². The molecule has 1 atom stereocenters. The fourth-order valence-corrected chi connectivity index (χ4v) is 2.82. The van der Waals surface area contributed by atoms with Crippen molar-refractivity contribution in [3.63, 3.8) is 0 Å². The molecular weight excluding hydrogens is 380 g/mol. The minimum Gasteiger partial charge on any atom is -0.497 e. The Labute approximate surface area is 167 Å². The van der Waals surface area contributed by atoms with Crippen LogP contribution in [0.1, 0.15) is 12.5 Å². The molecule has 2 aromatic carbocycles. The predicted molar refractivity (Wildman–Crippen MR) is 106 cm³/mol. The number of thioether (sulfide) groups is 1. The average molecular weight is 402 g/mol. The van der Waals surface area contributed by atoms with Crippen LogP contribution in [0.15, 0.2) is 59.5 Å². The number of urea groups is 1. The van der Waals surface area contributed by atoms with Gasteiger partial charge in [-0.15, -0.1) is 11.8 Å². The summed E-state index contributed by atoms with van der Waals surface area (Å²) >= 11 is 1.28. The minimum absolute atomic E-state index is 0.0458.